The van der Waals surface area contributed by atoms with E-state index >= 15 is 0 Å². The van der Waals surface area contributed by atoms with Crippen molar-refractivity contribution < 1.29 is 0 Å². The first-order chi connectivity index (χ1) is 10.2. The quantitative estimate of drug-likeness (QED) is 0.859. The van der Waals surface area contributed by atoms with Gasteiger partial charge in [-0.2, -0.15) is 0 Å². The smallest absolute Gasteiger partial charge is 0.0822 e. The first-order valence-electron chi connectivity index (χ1n) is 7.03. The molecule has 0 bridgehead atoms. The fraction of sp³-hybridized carbons (Fsp3) is 0.312. The van der Waals surface area contributed by atoms with E-state index in [-0.39, 0.29) is 0 Å². The van der Waals surface area contributed by atoms with Gasteiger partial charge in [-0.1, -0.05) is 35.3 Å². The van der Waals surface area contributed by atoms with Crippen molar-refractivity contribution in [1.82, 2.24) is 9.88 Å². The van der Waals surface area contributed by atoms with E-state index in [9.17, 15) is 0 Å². The van der Waals surface area contributed by atoms with Gasteiger partial charge in [0.25, 0.3) is 0 Å². The van der Waals surface area contributed by atoms with Crippen LogP contribution in [0.3, 0.4) is 0 Å². The molecule has 1 saturated heterocycles. The number of rotatable bonds is 3. The molecule has 1 aromatic heterocycles. The van der Waals surface area contributed by atoms with Gasteiger partial charge in [0.2, 0.25) is 0 Å². The topological polar surface area (TPSA) is 19.4 Å². The minimum atomic E-state index is 0.723. The lowest BCUT2D eigenvalue weighted by Gasteiger charge is -2.36. The summed E-state index contributed by atoms with van der Waals surface area (Å²) in [7, 11) is 0. The predicted molar refractivity (Wildman–Crippen MR) is 88.2 cm³/mol. The van der Waals surface area contributed by atoms with Crippen LogP contribution in [0.25, 0.3) is 0 Å². The molecule has 110 valence electrons. The fourth-order valence-electron chi connectivity index (χ4n) is 2.66. The second-order valence-electron chi connectivity index (χ2n) is 5.22. The molecule has 3 rings (SSSR count). The largest absolute Gasteiger partial charge is 0.368 e. The molecule has 3 nitrogen and oxygen atoms in total. The summed E-state index contributed by atoms with van der Waals surface area (Å²) in [5.41, 5.74) is 2.34. The Bertz CT molecular complexity index is 610. The number of benzene rings is 1. The minimum absolute atomic E-state index is 0.723. The zero-order valence-corrected chi connectivity index (χ0v) is 13.2. The van der Waals surface area contributed by atoms with Crippen LogP contribution in [0, 0.1) is 0 Å². The van der Waals surface area contributed by atoms with E-state index in [4.69, 9.17) is 23.2 Å². The molecule has 5 heteroatoms. The third-order valence-electron chi connectivity index (χ3n) is 3.76. The van der Waals surface area contributed by atoms with Gasteiger partial charge in [-0.3, -0.25) is 9.88 Å². The summed E-state index contributed by atoms with van der Waals surface area (Å²) in [6, 6.07) is 10.1. The summed E-state index contributed by atoms with van der Waals surface area (Å²) in [6.45, 7) is 4.93. The first kappa shape index (κ1) is 14.6. The molecule has 0 atom stereocenters. The van der Waals surface area contributed by atoms with Crippen molar-refractivity contribution in [2.75, 3.05) is 31.1 Å². The van der Waals surface area contributed by atoms with Gasteiger partial charge < -0.3 is 4.90 Å². The number of hydrogen-bond acceptors (Lipinski definition) is 3. The van der Waals surface area contributed by atoms with Crippen LogP contribution in [0.5, 0.6) is 0 Å². The summed E-state index contributed by atoms with van der Waals surface area (Å²) in [5.74, 6) is 0. The fourth-order valence-corrected chi connectivity index (χ4v) is 3.12. The molecule has 1 aliphatic rings. The summed E-state index contributed by atoms with van der Waals surface area (Å²) < 4.78 is 0. The Kier molecular flexibility index (Phi) is 4.63. The second kappa shape index (κ2) is 6.65. The second-order valence-corrected chi connectivity index (χ2v) is 6.06. The lowest BCUT2D eigenvalue weighted by atomic mass is 10.2. The Morgan fingerprint density at radius 3 is 2.57 bits per heavy atom. The van der Waals surface area contributed by atoms with Crippen LogP contribution in [-0.4, -0.2) is 36.1 Å². The van der Waals surface area contributed by atoms with Crippen molar-refractivity contribution in [1.29, 1.82) is 0 Å². The Hall–Kier alpha value is -1.29. The van der Waals surface area contributed by atoms with Crippen LogP contribution >= 0.6 is 23.2 Å². The monoisotopic (exact) mass is 321 g/mol. The highest BCUT2D eigenvalue weighted by Gasteiger charge is 2.18. The maximum absolute atomic E-state index is 6.21. The molecule has 1 aromatic carbocycles. The molecule has 0 saturated carbocycles. The van der Waals surface area contributed by atoms with Crippen molar-refractivity contribution in [2.45, 2.75) is 6.54 Å². The van der Waals surface area contributed by atoms with Crippen LogP contribution in [0.15, 0.2) is 42.7 Å². The standard InChI is InChI=1S/C16H17Cl2N3/c17-14-3-1-2-13(10-14)12-20-6-8-21(9-7-20)16-4-5-19-11-15(16)18/h1-5,10-11H,6-9,12H2. The molecule has 2 aromatic rings. The molecule has 0 amide bonds. The van der Waals surface area contributed by atoms with Crippen molar-refractivity contribution in [2.24, 2.45) is 0 Å². The molecule has 2 heterocycles. The van der Waals surface area contributed by atoms with Crippen molar-refractivity contribution >= 4 is 28.9 Å². The summed E-state index contributed by atoms with van der Waals surface area (Å²) in [5, 5.41) is 1.52. The number of aromatic nitrogens is 1. The highest BCUT2D eigenvalue weighted by Crippen LogP contribution is 2.25. The molecule has 21 heavy (non-hydrogen) atoms. The first-order valence-corrected chi connectivity index (χ1v) is 7.79. The van der Waals surface area contributed by atoms with Gasteiger partial charge in [-0.15, -0.1) is 0 Å². The molecular formula is C16H17Cl2N3. The Morgan fingerprint density at radius 2 is 1.86 bits per heavy atom. The number of nitrogens with zero attached hydrogens (tertiary/aromatic N) is 3. The van der Waals surface area contributed by atoms with Crippen molar-refractivity contribution in [3.05, 3.63) is 58.3 Å². The average Bonchev–Trinajstić information content (AvgIpc) is 2.49. The van der Waals surface area contributed by atoms with Gasteiger partial charge in [-0.05, 0) is 23.8 Å². The van der Waals surface area contributed by atoms with Crippen molar-refractivity contribution in [3.63, 3.8) is 0 Å². The maximum Gasteiger partial charge on any atom is 0.0822 e. The number of hydrogen-bond donors (Lipinski definition) is 0. The van der Waals surface area contributed by atoms with E-state index in [1.165, 1.54) is 5.56 Å². The maximum atomic E-state index is 6.21. The lowest BCUT2D eigenvalue weighted by molar-refractivity contribution is 0.250. The number of halogens is 2. The Labute approximate surface area is 135 Å². The summed E-state index contributed by atoms with van der Waals surface area (Å²) in [4.78, 5) is 8.80. The van der Waals surface area contributed by atoms with Gasteiger partial charge in [-0.25, -0.2) is 0 Å². The Balaban J connectivity index is 1.59. The minimum Gasteiger partial charge on any atom is -0.368 e. The van der Waals surface area contributed by atoms with E-state index in [0.29, 0.717) is 0 Å². The van der Waals surface area contributed by atoms with E-state index < -0.39 is 0 Å². The molecule has 0 N–H and O–H groups in total. The van der Waals surface area contributed by atoms with E-state index in [2.05, 4.69) is 20.9 Å². The van der Waals surface area contributed by atoms with E-state index in [1.54, 1.807) is 12.4 Å². The number of pyridine rings is 1. The van der Waals surface area contributed by atoms with Gasteiger partial charge in [0, 0.05) is 50.1 Å². The van der Waals surface area contributed by atoms with Crippen LogP contribution in [-0.2, 0) is 6.54 Å². The summed E-state index contributed by atoms with van der Waals surface area (Å²) in [6.07, 6.45) is 3.49. The highest BCUT2D eigenvalue weighted by molar-refractivity contribution is 6.33. The normalized spacial score (nSPS) is 16.2. The van der Waals surface area contributed by atoms with Crippen LogP contribution in [0.2, 0.25) is 10.0 Å². The molecular weight excluding hydrogens is 305 g/mol. The van der Waals surface area contributed by atoms with Gasteiger partial charge in [0.15, 0.2) is 0 Å². The SMILES string of the molecule is Clc1cccc(CN2CCN(c3ccncc3Cl)CC2)c1. The third-order valence-corrected chi connectivity index (χ3v) is 4.29. The van der Waals surface area contributed by atoms with Gasteiger partial charge in [0.05, 0.1) is 10.7 Å². The van der Waals surface area contributed by atoms with E-state index in [1.807, 2.05) is 24.3 Å². The Morgan fingerprint density at radius 1 is 1.05 bits per heavy atom. The zero-order valence-electron chi connectivity index (χ0n) is 11.7. The highest BCUT2D eigenvalue weighted by atomic mass is 35.5. The molecule has 1 fully saturated rings. The molecule has 0 aliphatic carbocycles. The van der Waals surface area contributed by atoms with Crippen LogP contribution < -0.4 is 4.90 Å². The molecule has 0 unspecified atom stereocenters. The average molecular weight is 322 g/mol. The third kappa shape index (κ3) is 3.67. The molecule has 1 aliphatic heterocycles. The molecule has 0 spiro atoms. The number of piperazine rings is 1. The molecule has 0 radical (unpaired) electrons. The van der Waals surface area contributed by atoms with Crippen molar-refractivity contribution in [3.8, 4) is 0 Å². The van der Waals surface area contributed by atoms with Gasteiger partial charge >= 0.3 is 0 Å². The van der Waals surface area contributed by atoms with E-state index in [0.717, 1.165) is 48.5 Å². The summed E-state index contributed by atoms with van der Waals surface area (Å²) >= 11 is 12.2. The zero-order chi connectivity index (χ0) is 14.7. The van der Waals surface area contributed by atoms with Crippen LogP contribution in [0.4, 0.5) is 5.69 Å². The predicted octanol–water partition coefficient (Wildman–Crippen LogP) is 3.71. The number of anilines is 1. The van der Waals surface area contributed by atoms with Gasteiger partial charge in [0.1, 0.15) is 0 Å². The van der Waals surface area contributed by atoms with Crippen LogP contribution in [0.1, 0.15) is 5.56 Å². The lowest BCUT2D eigenvalue weighted by Crippen LogP contribution is -2.46.